The molecule has 0 saturated heterocycles. The Morgan fingerprint density at radius 1 is 1.00 bits per heavy atom. The molecule has 2 aromatic carbocycles. The van der Waals surface area contributed by atoms with Gasteiger partial charge in [0.2, 0.25) is 0 Å². The lowest BCUT2D eigenvalue weighted by atomic mass is 9.88. The fourth-order valence-corrected chi connectivity index (χ4v) is 3.06. The second-order valence-electron chi connectivity index (χ2n) is 7.59. The highest BCUT2D eigenvalue weighted by Gasteiger charge is 2.12. The lowest BCUT2D eigenvalue weighted by Gasteiger charge is -2.18. The van der Waals surface area contributed by atoms with Crippen LogP contribution in [-0.2, 0) is 6.37 Å². The van der Waals surface area contributed by atoms with E-state index in [0.29, 0.717) is 22.4 Å². The van der Waals surface area contributed by atoms with Crippen LogP contribution in [0.4, 0.5) is 0 Å². The van der Waals surface area contributed by atoms with Gasteiger partial charge < -0.3 is 4.42 Å². The molecule has 2 aromatic heterocycles. The van der Waals surface area contributed by atoms with Gasteiger partial charge >= 0.3 is 0 Å². The summed E-state index contributed by atoms with van der Waals surface area (Å²) in [6.45, 7) is 3.24. The Morgan fingerprint density at radius 2 is 1.81 bits per heavy atom. The number of pyridine rings is 1. The van der Waals surface area contributed by atoms with Crippen molar-refractivity contribution in [1.82, 2.24) is 9.97 Å². The average Bonchev–Trinajstić information content (AvgIpc) is 3.17. The van der Waals surface area contributed by atoms with Gasteiger partial charge in [-0.2, -0.15) is 0 Å². The first-order chi connectivity index (χ1) is 14.9. The van der Waals surface area contributed by atoms with Crippen molar-refractivity contribution in [2.75, 3.05) is 0 Å². The van der Waals surface area contributed by atoms with E-state index in [-0.39, 0.29) is 5.89 Å². The van der Waals surface area contributed by atoms with Gasteiger partial charge in [0.25, 0.3) is 0 Å². The third-order valence-corrected chi connectivity index (χ3v) is 4.16. The summed E-state index contributed by atoms with van der Waals surface area (Å²) in [6, 6.07) is 16.7. The van der Waals surface area contributed by atoms with Gasteiger partial charge in [-0.3, -0.25) is 4.98 Å². The fraction of sp³-hybridized carbons (Fsp3) is 0.250. The van der Waals surface area contributed by atoms with Crippen molar-refractivity contribution in [1.29, 1.82) is 0 Å². The zero-order valence-electron chi connectivity index (χ0n) is 20.6. The minimum absolute atomic E-state index is 0.271. The molecular formula is C24H24N2O. The number of aryl methyl sites for hydroxylation is 1. The maximum Gasteiger partial charge on any atom is 0.192 e. The number of fused-ring (bicyclic) bond motifs is 1. The van der Waals surface area contributed by atoms with E-state index < -0.39 is 18.6 Å². The number of oxazole rings is 1. The van der Waals surface area contributed by atoms with Gasteiger partial charge in [-0.1, -0.05) is 45.0 Å². The minimum Gasteiger partial charge on any atom is -0.441 e. The lowest BCUT2D eigenvalue weighted by Crippen LogP contribution is -2.09. The number of hydrogen-bond donors (Lipinski definition) is 0. The van der Waals surface area contributed by atoms with E-state index in [0.717, 1.165) is 16.7 Å². The van der Waals surface area contributed by atoms with Gasteiger partial charge in [-0.05, 0) is 58.8 Å². The molecule has 0 spiro atoms. The minimum atomic E-state index is -2.40. The molecule has 0 saturated carbocycles. The van der Waals surface area contributed by atoms with Gasteiger partial charge in [0.1, 0.15) is 5.52 Å². The number of aromatic nitrogens is 2. The van der Waals surface area contributed by atoms with Gasteiger partial charge in [-0.15, -0.1) is 0 Å². The normalized spacial score (nSPS) is 15.6. The zero-order chi connectivity index (χ0) is 23.3. The Labute approximate surface area is 167 Å². The highest BCUT2D eigenvalue weighted by atomic mass is 16.3. The number of benzene rings is 2. The van der Waals surface area contributed by atoms with E-state index in [2.05, 4.69) is 9.97 Å². The number of hydrogen-bond acceptors (Lipinski definition) is 3. The Bertz CT molecular complexity index is 1290. The molecule has 0 atom stereocenters. The van der Waals surface area contributed by atoms with Gasteiger partial charge in [0.15, 0.2) is 11.5 Å². The molecule has 0 N–H and O–H groups in total. The first kappa shape index (κ1) is 12.4. The highest BCUT2D eigenvalue weighted by molar-refractivity contribution is 5.81. The van der Waals surface area contributed by atoms with E-state index >= 15 is 0 Å². The summed E-state index contributed by atoms with van der Waals surface area (Å²) in [6.07, 6.45) is 0.123. The summed E-state index contributed by atoms with van der Waals surface area (Å²) in [4.78, 5) is 8.52. The van der Waals surface area contributed by atoms with Crippen LogP contribution in [0.25, 0.3) is 33.5 Å². The van der Waals surface area contributed by atoms with E-state index in [4.69, 9.17) is 11.3 Å². The molecule has 0 radical (unpaired) electrons. The smallest absolute Gasteiger partial charge is 0.192 e. The van der Waals surface area contributed by atoms with Gasteiger partial charge in [0.05, 0.1) is 5.69 Å². The molecule has 3 heteroatoms. The summed E-state index contributed by atoms with van der Waals surface area (Å²) < 4.78 is 45.1. The average molecular weight is 361 g/mol. The molecule has 4 rings (SSSR count). The van der Waals surface area contributed by atoms with Crippen LogP contribution in [-0.4, -0.2) is 9.97 Å². The molecule has 27 heavy (non-hydrogen) atoms. The summed E-state index contributed by atoms with van der Waals surface area (Å²) in [5.74, 6) is -0.271. The molecule has 0 bridgehead atoms. The largest absolute Gasteiger partial charge is 0.441 e. The molecule has 3 nitrogen and oxygen atoms in total. The molecule has 2 heterocycles. The van der Waals surface area contributed by atoms with Gasteiger partial charge in [0, 0.05) is 25.5 Å². The van der Waals surface area contributed by atoms with Crippen molar-refractivity contribution in [3.8, 4) is 22.4 Å². The predicted octanol–water partition coefficient (Wildman–Crippen LogP) is 6.45. The molecule has 0 amide bonds. The SMILES string of the molecule is [2H]C([2H])([2H])c1nc2ccc(-c3cccc(-c4cc(C([2H])([2H])C(C)(C)C)ccn4)c3)cc2o1. The maximum atomic E-state index is 8.56. The summed E-state index contributed by atoms with van der Waals surface area (Å²) in [7, 11) is 0. The van der Waals surface area contributed by atoms with Crippen LogP contribution in [0.2, 0.25) is 0 Å². The van der Waals surface area contributed by atoms with Crippen LogP contribution in [0.1, 0.15) is 39.1 Å². The molecular weight excluding hydrogens is 332 g/mol. The molecule has 136 valence electrons. The lowest BCUT2D eigenvalue weighted by molar-refractivity contribution is 0.411. The Morgan fingerprint density at radius 3 is 2.63 bits per heavy atom. The summed E-state index contributed by atoms with van der Waals surface area (Å²) >= 11 is 0. The molecule has 0 aliphatic heterocycles. The van der Waals surface area contributed by atoms with Crippen molar-refractivity contribution in [3.63, 3.8) is 0 Å². The van der Waals surface area contributed by atoms with Crippen LogP contribution < -0.4 is 0 Å². The van der Waals surface area contributed by atoms with Crippen LogP contribution in [0.15, 0.2) is 65.2 Å². The van der Waals surface area contributed by atoms with Crippen molar-refractivity contribution < 1.29 is 11.3 Å². The van der Waals surface area contributed by atoms with E-state index in [1.807, 2.05) is 51.1 Å². The molecule has 0 fully saturated rings. The molecule has 0 aliphatic rings. The molecule has 0 unspecified atom stereocenters. The Hall–Kier alpha value is -2.94. The number of nitrogens with zero attached hydrogens (tertiary/aromatic N) is 2. The van der Waals surface area contributed by atoms with Crippen LogP contribution in [0.5, 0.6) is 0 Å². The van der Waals surface area contributed by atoms with Crippen molar-refractivity contribution >= 4 is 11.1 Å². The van der Waals surface area contributed by atoms with E-state index in [1.54, 1.807) is 30.5 Å². The maximum absolute atomic E-state index is 8.56. The third kappa shape index (κ3) is 3.92. The summed E-state index contributed by atoms with van der Waals surface area (Å²) in [5, 5.41) is 0. The van der Waals surface area contributed by atoms with E-state index in [9.17, 15) is 0 Å². The summed E-state index contributed by atoms with van der Waals surface area (Å²) in [5.41, 5.74) is 4.23. The third-order valence-electron chi connectivity index (χ3n) is 4.16. The monoisotopic (exact) mass is 361 g/mol. The molecule has 0 aliphatic carbocycles. The van der Waals surface area contributed by atoms with Crippen molar-refractivity contribution in [2.45, 2.75) is 34.0 Å². The van der Waals surface area contributed by atoms with Crippen LogP contribution >= 0.6 is 0 Å². The predicted molar refractivity (Wildman–Crippen MR) is 111 cm³/mol. The highest BCUT2D eigenvalue weighted by Crippen LogP contribution is 2.29. The van der Waals surface area contributed by atoms with Crippen molar-refractivity contribution in [2.24, 2.45) is 5.41 Å². The zero-order valence-corrected chi connectivity index (χ0v) is 15.6. The first-order valence-electron chi connectivity index (χ1n) is 11.3. The quantitative estimate of drug-likeness (QED) is 0.421. The standard InChI is InChI=1S/C24H24N2O/c1-16-26-21-9-8-19(14-23(21)27-16)18-6-5-7-20(13-18)22-12-17(10-11-25-22)15-24(2,3)4/h5-14H,15H2,1-4H3/i1D3,15D2. The van der Waals surface area contributed by atoms with Gasteiger partial charge in [-0.25, -0.2) is 4.98 Å². The van der Waals surface area contributed by atoms with Crippen molar-refractivity contribution in [3.05, 3.63) is 72.2 Å². The van der Waals surface area contributed by atoms with Crippen LogP contribution in [0.3, 0.4) is 0 Å². The Balaban J connectivity index is 1.73. The second-order valence-corrected chi connectivity index (χ2v) is 7.59. The molecule has 4 aromatic rings. The second kappa shape index (κ2) is 6.66. The van der Waals surface area contributed by atoms with E-state index in [1.165, 1.54) is 0 Å². The van der Waals surface area contributed by atoms with Crippen LogP contribution in [0, 0.1) is 12.3 Å². The topological polar surface area (TPSA) is 38.9 Å². The fourth-order valence-electron chi connectivity index (χ4n) is 3.06. The number of rotatable bonds is 3. The first-order valence-corrected chi connectivity index (χ1v) is 8.85. The Kier molecular flexibility index (Phi) is 3.07.